The third-order valence-corrected chi connectivity index (χ3v) is 4.27. The van der Waals surface area contributed by atoms with E-state index in [4.69, 9.17) is 0 Å². The highest BCUT2D eigenvalue weighted by atomic mass is 16.3. The fraction of sp³-hybridized carbons (Fsp3) is 0.562. The van der Waals surface area contributed by atoms with Gasteiger partial charge in [-0.05, 0) is 42.9 Å². The molecule has 1 amide bonds. The Hall–Kier alpha value is -1.35. The second-order valence-corrected chi connectivity index (χ2v) is 5.08. The molecular weight excluding hydrogens is 238 g/mol. The van der Waals surface area contributed by atoms with Gasteiger partial charge >= 0.3 is 0 Å². The van der Waals surface area contributed by atoms with E-state index in [0.717, 1.165) is 24.9 Å². The van der Waals surface area contributed by atoms with Crippen molar-refractivity contribution in [3.8, 4) is 0 Å². The van der Waals surface area contributed by atoms with Crippen LogP contribution in [0.1, 0.15) is 44.2 Å². The van der Waals surface area contributed by atoms with Gasteiger partial charge in [0.05, 0.1) is 5.41 Å². The van der Waals surface area contributed by atoms with Gasteiger partial charge in [-0.3, -0.25) is 4.79 Å². The number of hydrogen-bond acceptors (Lipinski definition) is 2. The van der Waals surface area contributed by atoms with Gasteiger partial charge in [-0.2, -0.15) is 0 Å². The number of aliphatic hydroxyl groups is 1. The van der Waals surface area contributed by atoms with E-state index in [1.807, 2.05) is 33.0 Å². The summed E-state index contributed by atoms with van der Waals surface area (Å²) in [4.78, 5) is 14.3. The van der Waals surface area contributed by atoms with Crippen LogP contribution in [0.5, 0.6) is 0 Å². The molecule has 0 saturated carbocycles. The van der Waals surface area contributed by atoms with Crippen LogP contribution < -0.4 is 4.90 Å². The first-order valence-electron chi connectivity index (χ1n) is 7.22. The molecule has 0 bridgehead atoms. The zero-order valence-corrected chi connectivity index (χ0v) is 12.1. The minimum atomic E-state index is -0.437. The number of carbonyl (C=O) groups is 1. The Kier molecular flexibility index (Phi) is 3.95. The van der Waals surface area contributed by atoms with E-state index in [0.29, 0.717) is 6.42 Å². The van der Waals surface area contributed by atoms with Crippen LogP contribution >= 0.6 is 0 Å². The Morgan fingerprint density at radius 3 is 2.79 bits per heavy atom. The molecule has 1 aliphatic heterocycles. The van der Waals surface area contributed by atoms with Crippen LogP contribution in [0.2, 0.25) is 0 Å². The number of aryl methyl sites for hydroxylation is 1. The Balaban J connectivity index is 0.000000637. The van der Waals surface area contributed by atoms with Crippen molar-refractivity contribution in [2.24, 2.45) is 0 Å². The molecule has 1 aliphatic carbocycles. The second-order valence-electron chi connectivity index (χ2n) is 5.08. The summed E-state index contributed by atoms with van der Waals surface area (Å²) in [5.74, 6) is 0.161. The Morgan fingerprint density at radius 2 is 2.11 bits per heavy atom. The number of aliphatic hydroxyl groups excluding tert-OH is 1. The molecule has 104 valence electrons. The van der Waals surface area contributed by atoms with Crippen LogP contribution in [0, 0.1) is 0 Å². The van der Waals surface area contributed by atoms with Gasteiger partial charge in [0.15, 0.2) is 0 Å². The van der Waals surface area contributed by atoms with E-state index in [1.165, 1.54) is 11.1 Å². The quantitative estimate of drug-likeness (QED) is 0.889. The number of benzene rings is 1. The van der Waals surface area contributed by atoms with Crippen molar-refractivity contribution in [3.63, 3.8) is 0 Å². The summed E-state index contributed by atoms with van der Waals surface area (Å²) in [6, 6.07) is 6.16. The third kappa shape index (κ3) is 1.88. The molecule has 0 radical (unpaired) electrons. The number of hydrogen-bond donors (Lipinski definition) is 1. The van der Waals surface area contributed by atoms with Gasteiger partial charge in [0.2, 0.25) is 5.91 Å². The Bertz CT molecular complexity index is 484. The molecule has 1 atom stereocenters. The molecule has 2 aliphatic rings. The molecule has 19 heavy (non-hydrogen) atoms. The van der Waals surface area contributed by atoms with Crippen molar-refractivity contribution < 1.29 is 9.90 Å². The molecule has 1 unspecified atom stereocenters. The molecule has 1 heterocycles. The summed E-state index contributed by atoms with van der Waals surface area (Å²) in [6.07, 6.45) is 3.52. The number of likely N-dealkylation sites (N-methyl/N-ethyl adjacent to an activating group) is 1. The minimum absolute atomic E-state index is 0.0767. The zero-order valence-electron chi connectivity index (χ0n) is 12.1. The average molecular weight is 261 g/mol. The highest BCUT2D eigenvalue weighted by Gasteiger charge is 2.51. The van der Waals surface area contributed by atoms with Gasteiger partial charge in [-0.1, -0.05) is 26.0 Å². The molecule has 3 nitrogen and oxygen atoms in total. The lowest BCUT2D eigenvalue weighted by molar-refractivity contribution is -0.124. The highest BCUT2D eigenvalue weighted by molar-refractivity contribution is 6.08. The van der Waals surface area contributed by atoms with Crippen molar-refractivity contribution in [3.05, 3.63) is 29.3 Å². The monoisotopic (exact) mass is 261 g/mol. The van der Waals surface area contributed by atoms with Crippen LogP contribution in [-0.2, 0) is 16.6 Å². The molecule has 0 fully saturated rings. The zero-order chi connectivity index (χ0) is 14.0. The smallest absolute Gasteiger partial charge is 0.237 e. The van der Waals surface area contributed by atoms with Gasteiger partial charge in [0.25, 0.3) is 0 Å². The summed E-state index contributed by atoms with van der Waals surface area (Å²) < 4.78 is 0. The lowest BCUT2D eigenvalue weighted by atomic mass is 9.69. The number of anilines is 1. The van der Waals surface area contributed by atoms with Crippen molar-refractivity contribution in [1.29, 1.82) is 0 Å². The van der Waals surface area contributed by atoms with Gasteiger partial charge in [0.1, 0.15) is 0 Å². The van der Waals surface area contributed by atoms with E-state index in [2.05, 4.69) is 6.07 Å². The number of rotatable bonds is 2. The van der Waals surface area contributed by atoms with E-state index in [-0.39, 0.29) is 12.5 Å². The van der Waals surface area contributed by atoms with Crippen LogP contribution in [0.15, 0.2) is 18.2 Å². The highest BCUT2D eigenvalue weighted by Crippen LogP contribution is 2.50. The third-order valence-electron chi connectivity index (χ3n) is 4.27. The molecule has 0 aromatic heterocycles. The van der Waals surface area contributed by atoms with Crippen LogP contribution in [-0.4, -0.2) is 24.7 Å². The SMILES string of the molecule is CC.CN1C(=O)C2(CCO)CCCc3cccc1c32. The summed E-state index contributed by atoms with van der Waals surface area (Å²) in [6.45, 7) is 4.08. The summed E-state index contributed by atoms with van der Waals surface area (Å²) >= 11 is 0. The van der Waals surface area contributed by atoms with Crippen molar-refractivity contribution in [1.82, 2.24) is 0 Å². The van der Waals surface area contributed by atoms with Crippen LogP contribution in [0.3, 0.4) is 0 Å². The van der Waals surface area contributed by atoms with E-state index >= 15 is 0 Å². The van der Waals surface area contributed by atoms with E-state index in [1.54, 1.807) is 4.90 Å². The Labute approximate surface area is 115 Å². The van der Waals surface area contributed by atoms with Gasteiger partial charge in [-0.15, -0.1) is 0 Å². The summed E-state index contributed by atoms with van der Waals surface area (Å²) in [5.41, 5.74) is 3.08. The van der Waals surface area contributed by atoms with Crippen molar-refractivity contribution >= 4 is 11.6 Å². The van der Waals surface area contributed by atoms with Crippen molar-refractivity contribution in [2.75, 3.05) is 18.6 Å². The number of amides is 1. The molecule has 1 aromatic rings. The number of nitrogens with zero attached hydrogens (tertiary/aromatic N) is 1. The largest absolute Gasteiger partial charge is 0.396 e. The van der Waals surface area contributed by atoms with E-state index in [9.17, 15) is 9.90 Å². The average Bonchev–Trinajstić information content (AvgIpc) is 2.67. The van der Waals surface area contributed by atoms with Gasteiger partial charge in [0, 0.05) is 19.3 Å². The fourth-order valence-corrected chi connectivity index (χ4v) is 3.52. The fourth-order valence-electron chi connectivity index (χ4n) is 3.52. The molecular formula is C16H23NO2. The predicted octanol–water partition coefficient (Wildman–Crippen LogP) is 2.65. The first-order chi connectivity index (χ1) is 9.20. The molecule has 0 saturated heterocycles. The Morgan fingerprint density at radius 1 is 1.37 bits per heavy atom. The first-order valence-corrected chi connectivity index (χ1v) is 7.22. The minimum Gasteiger partial charge on any atom is -0.396 e. The summed E-state index contributed by atoms with van der Waals surface area (Å²) in [7, 11) is 1.84. The standard InChI is InChI=1S/C14H17NO2.C2H6/c1-15-11-6-2-4-10-5-3-7-14(8-9-16,12(10)11)13(15)17;1-2/h2,4,6,16H,3,5,7-9H2,1H3;1-2H3. The molecule has 1 N–H and O–H groups in total. The van der Waals surface area contributed by atoms with Crippen LogP contribution in [0.25, 0.3) is 0 Å². The van der Waals surface area contributed by atoms with Crippen LogP contribution in [0.4, 0.5) is 5.69 Å². The molecule has 3 rings (SSSR count). The molecule has 1 aromatic carbocycles. The maximum absolute atomic E-state index is 12.5. The van der Waals surface area contributed by atoms with Gasteiger partial charge < -0.3 is 10.0 Å². The molecule has 3 heteroatoms. The maximum atomic E-state index is 12.5. The topological polar surface area (TPSA) is 40.5 Å². The maximum Gasteiger partial charge on any atom is 0.237 e. The summed E-state index contributed by atoms with van der Waals surface area (Å²) in [5, 5.41) is 9.30. The number of carbonyl (C=O) groups excluding carboxylic acids is 1. The van der Waals surface area contributed by atoms with Gasteiger partial charge in [-0.25, -0.2) is 0 Å². The lowest BCUT2D eigenvalue weighted by Crippen LogP contribution is -2.41. The van der Waals surface area contributed by atoms with Crippen molar-refractivity contribution in [2.45, 2.75) is 44.9 Å². The molecule has 0 spiro atoms. The first kappa shape index (κ1) is 14.1. The second kappa shape index (κ2) is 5.33. The predicted molar refractivity (Wildman–Crippen MR) is 77.5 cm³/mol. The normalized spacial score (nSPS) is 23.8. The lowest BCUT2D eigenvalue weighted by Gasteiger charge is -2.32. The van der Waals surface area contributed by atoms with E-state index < -0.39 is 5.41 Å².